The predicted molar refractivity (Wildman–Crippen MR) is 123 cm³/mol. The third-order valence-electron chi connectivity index (χ3n) is 5.41. The number of nitrogens with zero attached hydrogens (tertiary/aromatic N) is 1. The fourth-order valence-electron chi connectivity index (χ4n) is 3.58. The fourth-order valence-corrected chi connectivity index (χ4v) is 3.58. The van der Waals surface area contributed by atoms with E-state index in [0.29, 0.717) is 19.4 Å². The van der Waals surface area contributed by atoms with E-state index in [4.69, 9.17) is 9.47 Å². The molecule has 3 rings (SSSR count). The Kier molecular flexibility index (Phi) is 9.02. The zero-order valence-corrected chi connectivity index (χ0v) is 19.1. The lowest BCUT2D eigenvalue weighted by Gasteiger charge is -2.25. The van der Waals surface area contributed by atoms with Gasteiger partial charge in [-0.1, -0.05) is 60.7 Å². The summed E-state index contributed by atoms with van der Waals surface area (Å²) in [6, 6.07) is 16.8. The quantitative estimate of drug-likeness (QED) is 0.547. The Bertz CT molecular complexity index is 983. The summed E-state index contributed by atoms with van der Waals surface area (Å²) in [4.78, 5) is 50.9. The van der Waals surface area contributed by atoms with Crippen LogP contribution in [-0.4, -0.2) is 54.0 Å². The second-order valence-corrected chi connectivity index (χ2v) is 7.98. The normalized spacial score (nSPS) is 15.8. The van der Waals surface area contributed by atoms with E-state index in [-0.39, 0.29) is 19.8 Å². The van der Waals surface area contributed by atoms with Gasteiger partial charge in [-0.25, -0.2) is 9.59 Å². The summed E-state index contributed by atoms with van der Waals surface area (Å²) in [5.74, 6) is -1.38. The van der Waals surface area contributed by atoms with Gasteiger partial charge < -0.3 is 25.0 Å². The van der Waals surface area contributed by atoms with Crippen molar-refractivity contribution < 1.29 is 28.7 Å². The number of nitrogens with one attached hydrogen (secondary N) is 2. The standard InChI is InChI=1S/C25H29N3O6/c1-18(24(31)33-16-19-9-4-2-5-10-19)27-23(30)21-13-8-14-28(21)22(29)15-26-25(32)34-17-20-11-6-3-7-12-20/h2-7,9-12,18,21H,8,13-17H2,1H3,(H,26,32)(H,27,30)/t18-,21+/m0/s1. The maximum absolute atomic E-state index is 12.7. The summed E-state index contributed by atoms with van der Waals surface area (Å²) in [5.41, 5.74) is 1.67. The van der Waals surface area contributed by atoms with Crippen LogP contribution in [-0.2, 0) is 37.1 Å². The Labute approximate surface area is 198 Å². The van der Waals surface area contributed by atoms with Crippen molar-refractivity contribution in [3.05, 3.63) is 71.8 Å². The highest BCUT2D eigenvalue weighted by molar-refractivity contribution is 5.92. The zero-order chi connectivity index (χ0) is 24.3. The first-order chi connectivity index (χ1) is 16.4. The van der Waals surface area contributed by atoms with Crippen LogP contribution in [0, 0.1) is 0 Å². The highest BCUT2D eigenvalue weighted by Crippen LogP contribution is 2.17. The highest BCUT2D eigenvalue weighted by Gasteiger charge is 2.35. The molecule has 2 aromatic carbocycles. The summed E-state index contributed by atoms with van der Waals surface area (Å²) < 4.78 is 10.3. The fraction of sp³-hybridized carbons (Fsp3) is 0.360. The van der Waals surface area contributed by atoms with E-state index in [2.05, 4.69) is 10.6 Å². The van der Waals surface area contributed by atoms with Gasteiger partial charge in [-0.3, -0.25) is 9.59 Å². The molecule has 0 spiro atoms. The van der Waals surface area contributed by atoms with Crippen molar-refractivity contribution in [2.24, 2.45) is 0 Å². The van der Waals surface area contributed by atoms with Crippen LogP contribution in [0.3, 0.4) is 0 Å². The number of rotatable bonds is 9. The first kappa shape index (κ1) is 24.8. The smallest absolute Gasteiger partial charge is 0.407 e. The van der Waals surface area contributed by atoms with E-state index >= 15 is 0 Å². The first-order valence-corrected chi connectivity index (χ1v) is 11.2. The Morgan fingerprint density at radius 1 is 0.941 bits per heavy atom. The lowest BCUT2D eigenvalue weighted by atomic mass is 10.2. The van der Waals surface area contributed by atoms with E-state index < -0.39 is 36.0 Å². The summed E-state index contributed by atoms with van der Waals surface area (Å²) in [6.45, 7) is 1.85. The van der Waals surface area contributed by atoms with E-state index in [1.54, 1.807) is 0 Å². The largest absolute Gasteiger partial charge is 0.459 e. The van der Waals surface area contributed by atoms with Gasteiger partial charge in [-0.2, -0.15) is 0 Å². The van der Waals surface area contributed by atoms with Gasteiger partial charge in [-0.15, -0.1) is 0 Å². The van der Waals surface area contributed by atoms with Crippen LogP contribution < -0.4 is 10.6 Å². The second kappa shape index (κ2) is 12.4. The van der Waals surface area contributed by atoms with Crippen LogP contribution in [0.25, 0.3) is 0 Å². The minimum absolute atomic E-state index is 0.0911. The van der Waals surface area contributed by atoms with Crippen molar-refractivity contribution >= 4 is 23.9 Å². The zero-order valence-electron chi connectivity index (χ0n) is 19.1. The van der Waals surface area contributed by atoms with Crippen molar-refractivity contribution in [1.82, 2.24) is 15.5 Å². The molecule has 3 amide bonds. The molecule has 1 heterocycles. The number of carbonyl (C=O) groups is 4. The van der Waals surface area contributed by atoms with Crippen molar-refractivity contribution in [3.8, 4) is 0 Å². The molecule has 180 valence electrons. The van der Waals surface area contributed by atoms with Crippen LogP contribution >= 0.6 is 0 Å². The molecule has 1 aliphatic heterocycles. The first-order valence-electron chi connectivity index (χ1n) is 11.2. The average Bonchev–Trinajstić information content (AvgIpc) is 3.36. The summed E-state index contributed by atoms with van der Waals surface area (Å²) in [6.07, 6.45) is 0.406. The molecule has 9 nitrogen and oxygen atoms in total. The molecular formula is C25H29N3O6. The van der Waals surface area contributed by atoms with Crippen molar-refractivity contribution in [2.75, 3.05) is 13.1 Å². The van der Waals surface area contributed by atoms with Gasteiger partial charge in [0.1, 0.15) is 31.8 Å². The molecule has 0 aliphatic carbocycles. The van der Waals surface area contributed by atoms with Crippen molar-refractivity contribution in [3.63, 3.8) is 0 Å². The van der Waals surface area contributed by atoms with Gasteiger partial charge in [0, 0.05) is 6.54 Å². The molecule has 34 heavy (non-hydrogen) atoms. The van der Waals surface area contributed by atoms with Crippen LogP contribution in [0.5, 0.6) is 0 Å². The van der Waals surface area contributed by atoms with Crippen LogP contribution in [0.2, 0.25) is 0 Å². The summed E-state index contributed by atoms with van der Waals surface area (Å²) in [5, 5.41) is 5.05. The van der Waals surface area contributed by atoms with Crippen molar-refractivity contribution in [1.29, 1.82) is 0 Å². The number of ether oxygens (including phenoxy) is 2. The lowest BCUT2D eigenvalue weighted by Crippen LogP contribution is -2.52. The molecule has 0 aromatic heterocycles. The molecule has 1 aliphatic rings. The maximum atomic E-state index is 12.7. The number of amides is 3. The van der Waals surface area contributed by atoms with E-state index in [9.17, 15) is 19.2 Å². The maximum Gasteiger partial charge on any atom is 0.407 e. The van der Waals surface area contributed by atoms with E-state index in [1.165, 1.54) is 11.8 Å². The Morgan fingerprint density at radius 3 is 2.15 bits per heavy atom. The average molecular weight is 468 g/mol. The molecule has 0 unspecified atom stereocenters. The Balaban J connectivity index is 1.42. The monoisotopic (exact) mass is 467 g/mol. The molecule has 2 aromatic rings. The van der Waals surface area contributed by atoms with Crippen molar-refractivity contribution in [2.45, 2.75) is 45.1 Å². The number of likely N-dealkylation sites (tertiary alicyclic amines) is 1. The van der Waals surface area contributed by atoms with Crippen LogP contribution in [0.4, 0.5) is 4.79 Å². The van der Waals surface area contributed by atoms with Gasteiger partial charge in [0.2, 0.25) is 11.8 Å². The number of hydrogen-bond acceptors (Lipinski definition) is 6. The topological polar surface area (TPSA) is 114 Å². The molecule has 2 N–H and O–H groups in total. The second-order valence-electron chi connectivity index (χ2n) is 7.98. The number of hydrogen-bond donors (Lipinski definition) is 2. The molecule has 1 saturated heterocycles. The van der Waals surface area contributed by atoms with E-state index in [0.717, 1.165) is 11.1 Å². The molecule has 2 atom stereocenters. The molecular weight excluding hydrogens is 438 g/mol. The Morgan fingerprint density at radius 2 is 1.53 bits per heavy atom. The lowest BCUT2D eigenvalue weighted by molar-refractivity contribution is -0.149. The van der Waals surface area contributed by atoms with Gasteiger partial charge >= 0.3 is 12.1 Å². The molecule has 9 heteroatoms. The molecule has 1 fully saturated rings. The van der Waals surface area contributed by atoms with Gasteiger partial charge in [-0.05, 0) is 30.9 Å². The molecule has 0 saturated carbocycles. The highest BCUT2D eigenvalue weighted by atomic mass is 16.5. The van der Waals surface area contributed by atoms with Gasteiger partial charge in [0.15, 0.2) is 0 Å². The summed E-state index contributed by atoms with van der Waals surface area (Å²) >= 11 is 0. The number of benzene rings is 2. The predicted octanol–water partition coefficient (Wildman–Crippen LogP) is 2.15. The van der Waals surface area contributed by atoms with Crippen LogP contribution in [0.1, 0.15) is 30.9 Å². The van der Waals surface area contributed by atoms with E-state index in [1.807, 2.05) is 60.7 Å². The molecule has 0 bridgehead atoms. The number of esters is 1. The third kappa shape index (κ3) is 7.33. The van der Waals surface area contributed by atoms with Crippen LogP contribution in [0.15, 0.2) is 60.7 Å². The number of carbonyl (C=O) groups excluding carboxylic acids is 4. The number of alkyl carbamates (subject to hydrolysis) is 1. The summed E-state index contributed by atoms with van der Waals surface area (Å²) in [7, 11) is 0. The minimum atomic E-state index is -0.861. The third-order valence-corrected chi connectivity index (χ3v) is 5.41. The minimum Gasteiger partial charge on any atom is -0.459 e. The van der Waals surface area contributed by atoms with Gasteiger partial charge in [0.05, 0.1) is 0 Å². The SMILES string of the molecule is C[C@H](NC(=O)[C@H]1CCCN1C(=O)CNC(=O)OCc1ccccc1)C(=O)OCc1ccccc1. The van der Waals surface area contributed by atoms with Gasteiger partial charge in [0.25, 0.3) is 0 Å². The Hall–Kier alpha value is -3.88. The molecule has 0 radical (unpaired) electrons.